The van der Waals surface area contributed by atoms with E-state index in [1.165, 1.54) is 23.9 Å². The molecule has 2 heterocycles. The van der Waals surface area contributed by atoms with Crippen LogP contribution in [0.2, 0.25) is 0 Å². The van der Waals surface area contributed by atoms with Crippen molar-refractivity contribution in [1.82, 2.24) is 14.7 Å². The molecular formula is C23H20N4O4. The average Bonchev–Trinajstić information content (AvgIpc) is 3.26. The van der Waals surface area contributed by atoms with Gasteiger partial charge in [-0.1, -0.05) is 41.1 Å². The molecule has 0 atom stereocenters. The van der Waals surface area contributed by atoms with Gasteiger partial charge in [-0.2, -0.15) is 4.98 Å². The third kappa shape index (κ3) is 4.53. The highest BCUT2D eigenvalue weighted by atomic mass is 16.5. The smallest absolute Gasteiger partial charge is 0.259 e. The van der Waals surface area contributed by atoms with Gasteiger partial charge in [-0.05, 0) is 31.2 Å². The first-order chi connectivity index (χ1) is 15.0. The zero-order valence-electron chi connectivity index (χ0n) is 17.0. The predicted molar refractivity (Wildman–Crippen MR) is 116 cm³/mol. The molecule has 2 aromatic carbocycles. The summed E-state index contributed by atoms with van der Waals surface area (Å²) in [5.74, 6) is 0.877. The van der Waals surface area contributed by atoms with Crippen LogP contribution in [-0.2, 0) is 11.3 Å². The molecule has 0 radical (unpaired) electrons. The monoisotopic (exact) mass is 416 g/mol. The number of methoxy groups -OCH3 is 1. The van der Waals surface area contributed by atoms with Gasteiger partial charge in [0.2, 0.25) is 11.7 Å². The maximum Gasteiger partial charge on any atom is 0.259 e. The Morgan fingerprint density at radius 2 is 1.94 bits per heavy atom. The molecule has 0 unspecified atom stereocenters. The van der Waals surface area contributed by atoms with Gasteiger partial charge in [-0.3, -0.25) is 9.59 Å². The van der Waals surface area contributed by atoms with E-state index in [0.717, 1.165) is 11.1 Å². The van der Waals surface area contributed by atoms with Gasteiger partial charge in [0.1, 0.15) is 12.3 Å². The van der Waals surface area contributed by atoms with Crippen molar-refractivity contribution in [2.75, 3.05) is 12.4 Å². The number of para-hydroxylation sites is 2. The normalized spacial score (nSPS) is 10.6. The molecule has 1 amide bonds. The van der Waals surface area contributed by atoms with Crippen LogP contribution in [-0.4, -0.2) is 27.7 Å². The minimum Gasteiger partial charge on any atom is -0.495 e. The zero-order valence-corrected chi connectivity index (χ0v) is 17.0. The summed E-state index contributed by atoms with van der Waals surface area (Å²) in [4.78, 5) is 29.2. The van der Waals surface area contributed by atoms with Gasteiger partial charge >= 0.3 is 0 Å². The van der Waals surface area contributed by atoms with Gasteiger partial charge < -0.3 is 19.1 Å². The molecule has 4 rings (SSSR count). The van der Waals surface area contributed by atoms with Crippen LogP contribution >= 0.6 is 0 Å². The highest BCUT2D eigenvalue weighted by Gasteiger charge is 2.14. The van der Waals surface area contributed by atoms with Crippen molar-refractivity contribution in [1.29, 1.82) is 0 Å². The molecule has 0 spiro atoms. The summed E-state index contributed by atoms with van der Waals surface area (Å²) >= 11 is 0. The Morgan fingerprint density at radius 1 is 1.10 bits per heavy atom. The summed E-state index contributed by atoms with van der Waals surface area (Å²) in [6.45, 7) is 1.81. The van der Waals surface area contributed by atoms with E-state index in [1.54, 1.807) is 30.3 Å². The van der Waals surface area contributed by atoms with Crippen LogP contribution in [0.15, 0.2) is 76.2 Å². The molecular weight excluding hydrogens is 396 g/mol. The number of nitrogens with zero attached hydrogens (tertiary/aromatic N) is 3. The molecule has 0 aliphatic rings. The van der Waals surface area contributed by atoms with E-state index in [9.17, 15) is 9.59 Å². The van der Waals surface area contributed by atoms with E-state index in [4.69, 9.17) is 9.26 Å². The van der Waals surface area contributed by atoms with Crippen LogP contribution in [0.1, 0.15) is 5.56 Å². The number of hydrogen-bond acceptors (Lipinski definition) is 6. The van der Waals surface area contributed by atoms with Gasteiger partial charge in [0.05, 0.1) is 18.4 Å². The summed E-state index contributed by atoms with van der Waals surface area (Å²) < 4.78 is 11.9. The molecule has 0 aliphatic heterocycles. The fourth-order valence-corrected chi connectivity index (χ4v) is 3.12. The van der Waals surface area contributed by atoms with Crippen LogP contribution < -0.4 is 15.6 Å². The van der Waals surface area contributed by atoms with E-state index < -0.39 is 0 Å². The third-order valence-corrected chi connectivity index (χ3v) is 4.63. The lowest BCUT2D eigenvalue weighted by Crippen LogP contribution is -2.27. The summed E-state index contributed by atoms with van der Waals surface area (Å²) in [5.41, 5.74) is 2.66. The van der Waals surface area contributed by atoms with Crippen LogP contribution in [0.5, 0.6) is 5.75 Å². The highest BCUT2D eigenvalue weighted by molar-refractivity contribution is 5.92. The van der Waals surface area contributed by atoms with Crippen LogP contribution in [0, 0.1) is 6.92 Å². The molecule has 1 N–H and O–H groups in total. The molecule has 0 fully saturated rings. The summed E-state index contributed by atoms with van der Waals surface area (Å²) in [7, 11) is 1.52. The molecule has 156 valence electrons. The van der Waals surface area contributed by atoms with E-state index in [-0.39, 0.29) is 23.9 Å². The molecule has 0 bridgehead atoms. The molecule has 2 aromatic heterocycles. The van der Waals surface area contributed by atoms with E-state index in [2.05, 4.69) is 15.5 Å². The van der Waals surface area contributed by atoms with Crippen LogP contribution in [0.4, 0.5) is 5.69 Å². The first-order valence-corrected chi connectivity index (χ1v) is 9.58. The number of pyridine rings is 1. The fraction of sp³-hybridized carbons (Fsp3) is 0.130. The van der Waals surface area contributed by atoms with E-state index in [1.807, 2.05) is 31.2 Å². The quantitative estimate of drug-likeness (QED) is 0.516. The second-order valence-electron chi connectivity index (χ2n) is 6.92. The Bertz CT molecular complexity index is 1290. The number of anilines is 1. The maximum absolute atomic E-state index is 12.5. The predicted octanol–water partition coefficient (Wildman–Crippen LogP) is 3.52. The SMILES string of the molecule is COc1ccccc1NC(=O)Cn1cc(-c2nc(-c3cccc(C)c3)no2)ccc1=O. The van der Waals surface area contributed by atoms with E-state index >= 15 is 0 Å². The lowest BCUT2D eigenvalue weighted by molar-refractivity contribution is -0.116. The molecule has 0 saturated carbocycles. The zero-order chi connectivity index (χ0) is 21.8. The third-order valence-electron chi connectivity index (χ3n) is 4.63. The van der Waals surface area contributed by atoms with Crippen molar-refractivity contribution < 1.29 is 14.1 Å². The number of carbonyl (C=O) groups excluding carboxylic acids is 1. The molecule has 8 nitrogen and oxygen atoms in total. The maximum atomic E-state index is 12.5. The van der Waals surface area contributed by atoms with E-state index in [0.29, 0.717) is 22.8 Å². The van der Waals surface area contributed by atoms with Crippen molar-refractivity contribution in [2.45, 2.75) is 13.5 Å². The minimum atomic E-state index is -0.366. The molecule has 4 aromatic rings. The minimum absolute atomic E-state index is 0.177. The Balaban J connectivity index is 1.55. The molecule has 0 aliphatic carbocycles. The number of aryl methyl sites for hydroxylation is 1. The lowest BCUT2D eigenvalue weighted by Gasteiger charge is -2.11. The van der Waals surface area contributed by atoms with Crippen molar-refractivity contribution in [3.05, 3.63) is 82.8 Å². The van der Waals surface area contributed by atoms with Crippen LogP contribution in [0.3, 0.4) is 0 Å². The van der Waals surface area contributed by atoms with Gasteiger partial charge in [0, 0.05) is 17.8 Å². The number of nitrogens with one attached hydrogen (secondary N) is 1. The summed E-state index contributed by atoms with van der Waals surface area (Å²) in [6.07, 6.45) is 1.53. The number of rotatable bonds is 6. The fourth-order valence-electron chi connectivity index (χ4n) is 3.12. The number of carbonyl (C=O) groups is 1. The average molecular weight is 416 g/mol. The Morgan fingerprint density at radius 3 is 2.74 bits per heavy atom. The van der Waals surface area contributed by atoms with Crippen LogP contribution in [0.25, 0.3) is 22.8 Å². The number of amides is 1. The van der Waals surface area contributed by atoms with Crippen molar-refractivity contribution in [2.24, 2.45) is 0 Å². The molecule has 0 saturated heterocycles. The van der Waals surface area contributed by atoms with Crippen molar-refractivity contribution in [3.63, 3.8) is 0 Å². The van der Waals surface area contributed by atoms with Gasteiger partial charge in [-0.25, -0.2) is 0 Å². The highest BCUT2D eigenvalue weighted by Crippen LogP contribution is 2.24. The Kier molecular flexibility index (Phi) is 5.61. The Hall–Kier alpha value is -4.20. The van der Waals surface area contributed by atoms with Gasteiger partial charge in [-0.15, -0.1) is 0 Å². The topological polar surface area (TPSA) is 99.2 Å². The van der Waals surface area contributed by atoms with Gasteiger partial charge in [0.15, 0.2) is 0 Å². The first-order valence-electron chi connectivity index (χ1n) is 9.58. The number of benzene rings is 2. The lowest BCUT2D eigenvalue weighted by atomic mass is 10.1. The van der Waals surface area contributed by atoms with Gasteiger partial charge in [0.25, 0.3) is 11.4 Å². The number of aromatic nitrogens is 3. The number of ether oxygens (including phenoxy) is 1. The first kappa shape index (κ1) is 20.1. The summed E-state index contributed by atoms with van der Waals surface area (Å²) in [5, 5.41) is 6.78. The standard InChI is InChI=1S/C23H20N4O4/c1-15-6-5-7-16(12-15)22-25-23(31-26-22)17-10-11-21(29)27(13-17)14-20(28)24-18-8-3-4-9-19(18)30-2/h3-13H,14H2,1-2H3,(H,24,28). The molecule has 8 heteroatoms. The number of hydrogen-bond donors (Lipinski definition) is 1. The second kappa shape index (κ2) is 8.66. The van der Waals surface area contributed by atoms with Crippen molar-refractivity contribution in [3.8, 4) is 28.6 Å². The summed E-state index contributed by atoms with van der Waals surface area (Å²) in [6, 6.07) is 17.8. The molecule has 31 heavy (non-hydrogen) atoms. The van der Waals surface area contributed by atoms with Crippen molar-refractivity contribution >= 4 is 11.6 Å². The second-order valence-corrected chi connectivity index (χ2v) is 6.92. The Labute approximate surface area is 178 Å². The largest absolute Gasteiger partial charge is 0.495 e.